The highest BCUT2D eigenvalue weighted by Crippen LogP contribution is 2.40. The van der Waals surface area contributed by atoms with Crippen molar-refractivity contribution in [3.8, 4) is 22.5 Å². The fourth-order valence-electron chi connectivity index (χ4n) is 3.87. The van der Waals surface area contributed by atoms with E-state index in [9.17, 15) is 4.39 Å². The van der Waals surface area contributed by atoms with E-state index in [-0.39, 0.29) is 5.82 Å². The van der Waals surface area contributed by atoms with E-state index in [2.05, 4.69) is 27.8 Å². The van der Waals surface area contributed by atoms with Gasteiger partial charge in [-0.3, -0.25) is 4.98 Å². The van der Waals surface area contributed by atoms with Crippen LogP contribution in [0.5, 0.6) is 0 Å². The van der Waals surface area contributed by atoms with Gasteiger partial charge in [-0.05, 0) is 43.7 Å². The molecule has 0 saturated heterocycles. The summed E-state index contributed by atoms with van der Waals surface area (Å²) >= 11 is 6.51. The Morgan fingerprint density at radius 3 is 2.93 bits per heavy atom. The summed E-state index contributed by atoms with van der Waals surface area (Å²) in [5, 5.41) is 1.51. The molecule has 0 saturated carbocycles. The number of halogens is 2. The second-order valence-electron chi connectivity index (χ2n) is 6.93. The summed E-state index contributed by atoms with van der Waals surface area (Å²) < 4.78 is 16.2. The number of aromatic nitrogens is 3. The first-order valence-electron chi connectivity index (χ1n) is 9.03. The molecule has 4 aromatic rings. The summed E-state index contributed by atoms with van der Waals surface area (Å²) in [7, 11) is 0. The van der Waals surface area contributed by atoms with Crippen molar-refractivity contribution >= 4 is 22.5 Å². The Bertz CT molecular complexity index is 1200. The first-order valence-corrected chi connectivity index (χ1v) is 9.41. The SMILES string of the molecule is Cc1c(F)ccc(-c2nc3n(c2-c2ccc4ncccc4c2)CCC3)c1Cl. The predicted molar refractivity (Wildman–Crippen MR) is 106 cm³/mol. The van der Waals surface area contributed by atoms with E-state index in [0.29, 0.717) is 10.6 Å². The average molecular weight is 378 g/mol. The molecule has 0 fully saturated rings. The van der Waals surface area contributed by atoms with Crippen LogP contribution in [0.3, 0.4) is 0 Å². The number of nitrogens with zero attached hydrogens (tertiary/aromatic N) is 3. The maximum Gasteiger partial charge on any atom is 0.127 e. The van der Waals surface area contributed by atoms with Gasteiger partial charge in [0.05, 0.1) is 21.9 Å². The standard InChI is InChI=1S/C22H17ClFN3/c1-13-17(24)8-7-16(20(13)23)21-22(27-11-3-5-19(27)26-21)15-6-9-18-14(12-15)4-2-10-25-18/h2,4,6-10,12H,3,5,11H2,1H3. The Hall–Kier alpha value is -2.72. The van der Waals surface area contributed by atoms with E-state index >= 15 is 0 Å². The van der Waals surface area contributed by atoms with Crippen molar-refractivity contribution in [2.24, 2.45) is 0 Å². The molecule has 2 aromatic heterocycles. The summed E-state index contributed by atoms with van der Waals surface area (Å²) in [4.78, 5) is 9.30. The maximum absolute atomic E-state index is 13.9. The summed E-state index contributed by atoms with van der Waals surface area (Å²) in [6.45, 7) is 2.63. The Kier molecular flexibility index (Phi) is 3.76. The second kappa shape index (κ2) is 6.17. The van der Waals surface area contributed by atoms with Crippen molar-refractivity contribution in [3.05, 3.63) is 70.9 Å². The van der Waals surface area contributed by atoms with Crippen molar-refractivity contribution < 1.29 is 4.39 Å². The van der Waals surface area contributed by atoms with Crippen LogP contribution in [0.25, 0.3) is 33.4 Å². The molecule has 0 bridgehead atoms. The zero-order valence-electron chi connectivity index (χ0n) is 14.8. The zero-order valence-corrected chi connectivity index (χ0v) is 15.6. The number of benzene rings is 2. The van der Waals surface area contributed by atoms with Crippen LogP contribution in [0, 0.1) is 12.7 Å². The molecule has 0 aliphatic carbocycles. The van der Waals surface area contributed by atoms with Crippen LogP contribution in [0.4, 0.5) is 4.39 Å². The van der Waals surface area contributed by atoms with E-state index < -0.39 is 0 Å². The number of rotatable bonds is 2. The normalized spacial score (nSPS) is 13.3. The summed E-state index contributed by atoms with van der Waals surface area (Å²) in [6, 6.07) is 13.4. The largest absolute Gasteiger partial charge is 0.327 e. The first-order chi connectivity index (χ1) is 13.1. The first kappa shape index (κ1) is 16.5. The molecule has 5 heteroatoms. The van der Waals surface area contributed by atoms with E-state index in [0.717, 1.165) is 58.6 Å². The second-order valence-corrected chi connectivity index (χ2v) is 7.30. The monoisotopic (exact) mass is 377 g/mol. The highest BCUT2D eigenvalue weighted by atomic mass is 35.5. The van der Waals surface area contributed by atoms with Crippen molar-refractivity contribution in [1.29, 1.82) is 0 Å². The number of aryl methyl sites for hydroxylation is 1. The molecule has 0 atom stereocenters. The Balaban J connectivity index is 1.78. The lowest BCUT2D eigenvalue weighted by molar-refractivity contribution is 0.619. The fourth-order valence-corrected chi connectivity index (χ4v) is 4.12. The van der Waals surface area contributed by atoms with Crippen LogP contribution in [-0.2, 0) is 13.0 Å². The van der Waals surface area contributed by atoms with Gasteiger partial charge < -0.3 is 4.57 Å². The number of imidazole rings is 1. The average Bonchev–Trinajstić information content (AvgIpc) is 3.27. The van der Waals surface area contributed by atoms with Gasteiger partial charge in [-0.15, -0.1) is 0 Å². The molecule has 5 rings (SSSR count). The van der Waals surface area contributed by atoms with E-state index in [4.69, 9.17) is 16.6 Å². The van der Waals surface area contributed by atoms with Gasteiger partial charge in [-0.1, -0.05) is 23.7 Å². The van der Waals surface area contributed by atoms with Gasteiger partial charge in [0.15, 0.2) is 0 Å². The molecule has 3 heterocycles. The minimum atomic E-state index is -0.297. The molecular formula is C22H17ClFN3. The highest BCUT2D eigenvalue weighted by molar-refractivity contribution is 6.34. The Morgan fingerprint density at radius 2 is 2.04 bits per heavy atom. The number of hydrogen-bond acceptors (Lipinski definition) is 2. The van der Waals surface area contributed by atoms with E-state index in [1.165, 1.54) is 6.07 Å². The molecule has 0 N–H and O–H groups in total. The highest BCUT2D eigenvalue weighted by Gasteiger charge is 2.25. The quantitative estimate of drug-likeness (QED) is 0.441. The molecule has 0 radical (unpaired) electrons. The molecule has 1 aliphatic rings. The van der Waals surface area contributed by atoms with Gasteiger partial charge >= 0.3 is 0 Å². The maximum atomic E-state index is 13.9. The molecule has 27 heavy (non-hydrogen) atoms. The lowest BCUT2D eigenvalue weighted by atomic mass is 10.0. The van der Waals surface area contributed by atoms with Crippen molar-refractivity contribution in [2.75, 3.05) is 0 Å². The molecule has 0 unspecified atom stereocenters. The zero-order chi connectivity index (χ0) is 18.5. The lowest BCUT2D eigenvalue weighted by Crippen LogP contribution is -1.97. The Morgan fingerprint density at radius 1 is 1.15 bits per heavy atom. The fraction of sp³-hybridized carbons (Fsp3) is 0.182. The van der Waals surface area contributed by atoms with Gasteiger partial charge in [0.25, 0.3) is 0 Å². The Labute approximate surface area is 161 Å². The van der Waals surface area contributed by atoms with Crippen LogP contribution >= 0.6 is 11.6 Å². The van der Waals surface area contributed by atoms with Gasteiger partial charge in [0.1, 0.15) is 11.6 Å². The number of pyridine rings is 1. The molecule has 3 nitrogen and oxygen atoms in total. The van der Waals surface area contributed by atoms with Crippen molar-refractivity contribution in [2.45, 2.75) is 26.3 Å². The van der Waals surface area contributed by atoms with E-state index in [1.54, 1.807) is 19.2 Å². The van der Waals surface area contributed by atoms with Crippen molar-refractivity contribution in [1.82, 2.24) is 14.5 Å². The third kappa shape index (κ3) is 2.55. The van der Waals surface area contributed by atoms with E-state index in [1.807, 2.05) is 12.1 Å². The summed E-state index contributed by atoms with van der Waals surface area (Å²) in [5.74, 6) is 0.762. The molecule has 1 aliphatic heterocycles. The van der Waals surface area contributed by atoms with Crippen LogP contribution in [0.1, 0.15) is 17.8 Å². The van der Waals surface area contributed by atoms with Crippen LogP contribution in [0.15, 0.2) is 48.7 Å². The summed E-state index contributed by atoms with van der Waals surface area (Å²) in [5.41, 5.74) is 5.13. The third-order valence-electron chi connectivity index (χ3n) is 5.28. The van der Waals surface area contributed by atoms with Crippen LogP contribution in [-0.4, -0.2) is 14.5 Å². The van der Waals surface area contributed by atoms with Gasteiger partial charge in [-0.2, -0.15) is 0 Å². The van der Waals surface area contributed by atoms with Crippen LogP contribution < -0.4 is 0 Å². The smallest absolute Gasteiger partial charge is 0.127 e. The summed E-state index contributed by atoms with van der Waals surface area (Å²) in [6.07, 6.45) is 3.83. The minimum Gasteiger partial charge on any atom is -0.327 e. The predicted octanol–water partition coefficient (Wildman–Crippen LogP) is 5.81. The lowest BCUT2D eigenvalue weighted by Gasteiger charge is -2.12. The third-order valence-corrected chi connectivity index (χ3v) is 5.77. The molecular weight excluding hydrogens is 361 g/mol. The van der Waals surface area contributed by atoms with Crippen LogP contribution in [0.2, 0.25) is 5.02 Å². The van der Waals surface area contributed by atoms with Gasteiger partial charge in [0.2, 0.25) is 0 Å². The molecule has 0 spiro atoms. The number of fused-ring (bicyclic) bond motifs is 2. The van der Waals surface area contributed by atoms with Crippen molar-refractivity contribution in [3.63, 3.8) is 0 Å². The minimum absolute atomic E-state index is 0.297. The topological polar surface area (TPSA) is 30.7 Å². The molecule has 0 amide bonds. The van der Waals surface area contributed by atoms with Gasteiger partial charge in [0, 0.05) is 41.2 Å². The van der Waals surface area contributed by atoms with Gasteiger partial charge in [-0.25, -0.2) is 9.37 Å². The number of hydrogen-bond donors (Lipinski definition) is 0. The molecule has 2 aromatic carbocycles. The molecule has 134 valence electrons.